The van der Waals surface area contributed by atoms with Gasteiger partial charge in [-0.1, -0.05) is 15.9 Å². The number of hydrogen-bond donors (Lipinski definition) is 1. The molecular formula is C13H8BrFN2O. The summed E-state index contributed by atoms with van der Waals surface area (Å²) in [5.41, 5.74) is 8.16. The van der Waals surface area contributed by atoms with Crippen LogP contribution in [0.25, 0.3) is 22.6 Å². The fourth-order valence-corrected chi connectivity index (χ4v) is 2.12. The van der Waals surface area contributed by atoms with Crippen molar-refractivity contribution >= 4 is 32.7 Å². The molecule has 2 N–H and O–H groups in total. The van der Waals surface area contributed by atoms with Crippen LogP contribution >= 0.6 is 15.9 Å². The Labute approximate surface area is 111 Å². The Kier molecular flexibility index (Phi) is 2.56. The van der Waals surface area contributed by atoms with E-state index in [1.807, 2.05) is 6.07 Å². The number of aromatic nitrogens is 1. The zero-order valence-corrected chi connectivity index (χ0v) is 10.7. The Bertz CT molecular complexity index is 739. The molecule has 3 nitrogen and oxygen atoms in total. The van der Waals surface area contributed by atoms with Gasteiger partial charge in [-0.2, -0.15) is 0 Å². The van der Waals surface area contributed by atoms with E-state index in [9.17, 15) is 4.39 Å². The number of rotatable bonds is 1. The van der Waals surface area contributed by atoms with E-state index < -0.39 is 0 Å². The summed E-state index contributed by atoms with van der Waals surface area (Å²) in [5.74, 6) is 0.0479. The lowest BCUT2D eigenvalue weighted by Crippen LogP contribution is -1.89. The van der Waals surface area contributed by atoms with Gasteiger partial charge in [-0.25, -0.2) is 9.37 Å². The second-order valence-electron chi connectivity index (χ2n) is 3.86. The van der Waals surface area contributed by atoms with Crippen molar-refractivity contribution < 1.29 is 8.81 Å². The molecule has 5 heteroatoms. The van der Waals surface area contributed by atoms with Crippen LogP contribution in [-0.2, 0) is 0 Å². The van der Waals surface area contributed by atoms with E-state index in [1.54, 1.807) is 18.2 Å². The molecule has 1 heterocycles. The summed E-state index contributed by atoms with van der Waals surface area (Å²) >= 11 is 3.33. The summed E-state index contributed by atoms with van der Waals surface area (Å²) < 4.78 is 19.5. The highest BCUT2D eigenvalue weighted by Gasteiger charge is 2.11. The smallest absolute Gasteiger partial charge is 0.229 e. The number of nitrogens with zero attached hydrogens (tertiary/aromatic N) is 1. The second kappa shape index (κ2) is 4.10. The first kappa shape index (κ1) is 11.2. The fourth-order valence-electron chi connectivity index (χ4n) is 1.74. The summed E-state index contributed by atoms with van der Waals surface area (Å²) in [7, 11) is 0. The summed E-state index contributed by atoms with van der Waals surface area (Å²) in [6, 6.07) is 9.64. The average Bonchev–Trinajstić information content (AvgIpc) is 2.71. The monoisotopic (exact) mass is 306 g/mol. The van der Waals surface area contributed by atoms with Crippen LogP contribution in [0, 0.1) is 5.82 Å². The highest BCUT2D eigenvalue weighted by Crippen LogP contribution is 2.30. The molecule has 0 saturated heterocycles. The lowest BCUT2D eigenvalue weighted by atomic mass is 10.2. The number of halogens is 2. The van der Waals surface area contributed by atoms with Gasteiger partial charge in [0.25, 0.3) is 0 Å². The van der Waals surface area contributed by atoms with Crippen LogP contribution in [0.4, 0.5) is 10.1 Å². The normalized spacial score (nSPS) is 11.0. The van der Waals surface area contributed by atoms with Crippen molar-refractivity contribution in [1.82, 2.24) is 4.98 Å². The Balaban J connectivity index is 2.19. The first-order chi connectivity index (χ1) is 8.63. The Morgan fingerprint density at radius 2 is 2.00 bits per heavy atom. The first-order valence-electron chi connectivity index (χ1n) is 5.25. The van der Waals surface area contributed by atoms with E-state index in [-0.39, 0.29) is 5.82 Å². The van der Waals surface area contributed by atoms with Crippen molar-refractivity contribution in [3.8, 4) is 11.5 Å². The topological polar surface area (TPSA) is 52.0 Å². The third kappa shape index (κ3) is 1.86. The van der Waals surface area contributed by atoms with Crippen LogP contribution in [0.2, 0.25) is 0 Å². The minimum absolute atomic E-state index is 0.342. The molecular weight excluding hydrogens is 299 g/mol. The molecule has 0 amide bonds. The molecule has 0 saturated carbocycles. The standard InChI is InChI=1S/C13H8BrFN2O/c14-7-1-3-9(10(16)5-7)13-17-11-6-8(15)2-4-12(11)18-13/h1-6H,16H2. The largest absolute Gasteiger partial charge is 0.436 e. The first-order valence-corrected chi connectivity index (χ1v) is 6.04. The van der Waals surface area contributed by atoms with Gasteiger partial charge in [0, 0.05) is 16.2 Å². The van der Waals surface area contributed by atoms with Gasteiger partial charge in [-0.15, -0.1) is 0 Å². The summed E-state index contributed by atoms with van der Waals surface area (Å²) in [4.78, 5) is 4.23. The van der Waals surface area contributed by atoms with E-state index in [0.717, 1.165) is 4.47 Å². The van der Waals surface area contributed by atoms with E-state index in [4.69, 9.17) is 10.2 Å². The van der Waals surface area contributed by atoms with Gasteiger partial charge in [0.1, 0.15) is 11.3 Å². The van der Waals surface area contributed by atoms with Crippen LogP contribution in [0.1, 0.15) is 0 Å². The van der Waals surface area contributed by atoms with Gasteiger partial charge in [-0.05, 0) is 30.3 Å². The van der Waals surface area contributed by atoms with Crippen LogP contribution in [0.5, 0.6) is 0 Å². The van der Waals surface area contributed by atoms with Gasteiger partial charge in [0.15, 0.2) is 5.58 Å². The molecule has 0 aliphatic rings. The third-order valence-corrected chi connectivity index (χ3v) is 3.09. The zero-order chi connectivity index (χ0) is 12.7. The van der Waals surface area contributed by atoms with Gasteiger partial charge in [0.2, 0.25) is 5.89 Å². The van der Waals surface area contributed by atoms with Crippen molar-refractivity contribution in [2.75, 3.05) is 5.73 Å². The lowest BCUT2D eigenvalue weighted by molar-refractivity contribution is 0.614. The highest BCUT2D eigenvalue weighted by atomic mass is 79.9. The molecule has 0 bridgehead atoms. The maximum absolute atomic E-state index is 13.1. The van der Waals surface area contributed by atoms with Gasteiger partial charge in [-0.3, -0.25) is 0 Å². The molecule has 0 spiro atoms. The van der Waals surface area contributed by atoms with E-state index >= 15 is 0 Å². The number of nitrogens with two attached hydrogens (primary N) is 1. The van der Waals surface area contributed by atoms with Gasteiger partial charge >= 0.3 is 0 Å². The van der Waals surface area contributed by atoms with E-state index in [2.05, 4.69) is 20.9 Å². The maximum Gasteiger partial charge on any atom is 0.229 e. The molecule has 3 aromatic rings. The SMILES string of the molecule is Nc1cc(Br)ccc1-c1nc2cc(F)ccc2o1. The van der Waals surface area contributed by atoms with Crippen molar-refractivity contribution in [2.24, 2.45) is 0 Å². The third-order valence-electron chi connectivity index (χ3n) is 2.59. The number of fused-ring (bicyclic) bond motifs is 1. The van der Waals surface area contributed by atoms with Crippen molar-refractivity contribution in [2.45, 2.75) is 0 Å². The van der Waals surface area contributed by atoms with Crippen LogP contribution in [-0.4, -0.2) is 4.98 Å². The number of benzene rings is 2. The van der Waals surface area contributed by atoms with E-state index in [1.165, 1.54) is 12.1 Å². The molecule has 0 fully saturated rings. The second-order valence-corrected chi connectivity index (χ2v) is 4.78. The maximum atomic E-state index is 13.1. The molecule has 2 aromatic carbocycles. The van der Waals surface area contributed by atoms with E-state index in [0.29, 0.717) is 28.2 Å². The van der Waals surface area contributed by atoms with Crippen LogP contribution in [0.3, 0.4) is 0 Å². The number of hydrogen-bond acceptors (Lipinski definition) is 3. The van der Waals surface area contributed by atoms with Gasteiger partial charge in [0.05, 0.1) is 5.56 Å². The molecule has 0 radical (unpaired) electrons. The lowest BCUT2D eigenvalue weighted by Gasteiger charge is -2.00. The molecule has 0 aliphatic carbocycles. The minimum Gasteiger partial charge on any atom is -0.436 e. The molecule has 0 unspecified atom stereocenters. The molecule has 0 aliphatic heterocycles. The number of anilines is 1. The zero-order valence-electron chi connectivity index (χ0n) is 9.15. The van der Waals surface area contributed by atoms with Crippen LogP contribution < -0.4 is 5.73 Å². The Hall–Kier alpha value is -1.88. The molecule has 3 rings (SSSR count). The van der Waals surface area contributed by atoms with Crippen molar-refractivity contribution in [3.63, 3.8) is 0 Å². The predicted octanol–water partition coefficient (Wildman–Crippen LogP) is 3.98. The molecule has 0 atom stereocenters. The quantitative estimate of drug-likeness (QED) is 0.692. The fraction of sp³-hybridized carbons (Fsp3) is 0. The molecule has 1 aromatic heterocycles. The molecule has 18 heavy (non-hydrogen) atoms. The summed E-state index contributed by atoms with van der Waals surface area (Å²) in [6.45, 7) is 0. The van der Waals surface area contributed by atoms with Crippen molar-refractivity contribution in [1.29, 1.82) is 0 Å². The highest BCUT2D eigenvalue weighted by molar-refractivity contribution is 9.10. The summed E-state index contributed by atoms with van der Waals surface area (Å²) in [5, 5.41) is 0. The molecule has 90 valence electrons. The number of oxazole rings is 1. The van der Waals surface area contributed by atoms with Gasteiger partial charge < -0.3 is 10.2 Å². The predicted molar refractivity (Wildman–Crippen MR) is 71.5 cm³/mol. The minimum atomic E-state index is -0.342. The summed E-state index contributed by atoms with van der Waals surface area (Å²) in [6.07, 6.45) is 0. The number of nitrogen functional groups attached to an aromatic ring is 1. The average molecular weight is 307 g/mol. The Morgan fingerprint density at radius 3 is 2.78 bits per heavy atom. The van der Waals surface area contributed by atoms with Crippen LogP contribution in [0.15, 0.2) is 45.3 Å². The van der Waals surface area contributed by atoms with Crippen molar-refractivity contribution in [3.05, 3.63) is 46.7 Å². The Morgan fingerprint density at radius 1 is 1.17 bits per heavy atom.